The molecule has 30 heavy (non-hydrogen) atoms. The van der Waals surface area contributed by atoms with Crippen molar-refractivity contribution in [2.24, 2.45) is 0 Å². The normalized spacial score (nSPS) is 16.3. The molecule has 0 saturated carbocycles. The molecule has 1 aromatic carbocycles. The van der Waals surface area contributed by atoms with Crippen LogP contribution in [0.15, 0.2) is 60.1 Å². The minimum absolute atomic E-state index is 0.192. The molecule has 3 aromatic rings. The van der Waals surface area contributed by atoms with Gasteiger partial charge in [-0.3, -0.25) is 4.79 Å². The van der Waals surface area contributed by atoms with Crippen LogP contribution in [0.1, 0.15) is 12.0 Å². The van der Waals surface area contributed by atoms with Gasteiger partial charge < -0.3 is 5.32 Å². The van der Waals surface area contributed by atoms with E-state index >= 15 is 0 Å². The van der Waals surface area contributed by atoms with Gasteiger partial charge in [0.05, 0.1) is 16.3 Å². The highest BCUT2D eigenvalue weighted by Crippen LogP contribution is 2.28. The van der Waals surface area contributed by atoms with Crippen LogP contribution in [0.4, 0.5) is 0 Å². The second kappa shape index (κ2) is 8.95. The van der Waals surface area contributed by atoms with Crippen LogP contribution < -0.4 is 5.32 Å². The Morgan fingerprint density at radius 1 is 1.20 bits per heavy atom. The highest BCUT2D eigenvalue weighted by atomic mass is 32.2. The molecule has 1 aliphatic heterocycles. The molecule has 0 bridgehead atoms. The molecule has 1 amide bonds. The average Bonchev–Trinajstić information content (AvgIpc) is 3.47. The molecule has 156 valence electrons. The third-order valence-corrected chi connectivity index (χ3v) is 7.63. The van der Waals surface area contributed by atoms with E-state index in [4.69, 9.17) is 5.10 Å². The van der Waals surface area contributed by atoms with E-state index in [0.29, 0.717) is 19.5 Å². The summed E-state index contributed by atoms with van der Waals surface area (Å²) < 4.78 is 26.8. The van der Waals surface area contributed by atoms with E-state index in [2.05, 4.69) is 5.32 Å². The summed E-state index contributed by atoms with van der Waals surface area (Å²) in [5, 5.41) is 9.45. The van der Waals surface area contributed by atoms with Crippen LogP contribution in [0, 0.1) is 0 Å². The van der Waals surface area contributed by atoms with Gasteiger partial charge in [-0.15, -0.1) is 11.3 Å². The summed E-state index contributed by atoms with van der Waals surface area (Å²) in [6.07, 6.45) is 5.74. The number of benzene rings is 1. The summed E-state index contributed by atoms with van der Waals surface area (Å²) in [7, 11) is -3.14. The first-order valence-corrected chi connectivity index (χ1v) is 12.1. The topological polar surface area (TPSA) is 84.3 Å². The fraction of sp³-hybridized carbons (Fsp3) is 0.238. The fourth-order valence-electron chi connectivity index (χ4n) is 3.30. The highest BCUT2D eigenvalue weighted by Gasteiger charge is 2.27. The number of carbonyl (C=O) groups is 1. The molecule has 2 aromatic heterocycles. The number of hydrogen-bond acceptors (Lipinski definition) is 5. The lowest BCUT2D eigenvalue weighted by Crippen LogP contribution is -2.35. The number of nitrogens with one attached hydrogen (secondary N) is 1. The van der Waals surface area contributed by atoms with E-state index in [-0.39, 0.29) is 18.2 Å². The lowest BCUT2D eigenvalue weighted by atomic mass is 10.2. The maximum Gasteiger partial charge on any atom is 0.244 e. The Morgan fingerprint density at radius 3 is 2.73 bits per heavy atom. The molecule has 0 spiro atoms. The van der Waals surface area contributed by atoms with Crippen molar-refractivity contribution in [3.05, 3.63) is 65.7 Å². The molecule has 0 unspecified atom stereocenters. The first kappa shape index (κ1) is 20.5. The molecule has 0 atom stereocenters. The van der Waals surface area contributed by atoms with Crippen molar-refractivity contribution < 1.29 is 13.2 Å². The van der Waals surface area contributed by atoms with Crippen molar-refractivity contribution >= 4 is 33.3 Å². The first-order chi connectivity index (χ1) is 14.5. The summed E-state index contributed by atoms with van der Waals surface area (Å²) in [4.78, 5) is 13.3. The van der Waals surface area contributed by atoms with E-state index in [0.717, 1.165) is 21.8 Å². The third kappa shape index (κ3) is 4.69. The van der Waals surface area contributed by atoms with Crippen LogP contribution in [0.25, 0.3) is 22.3 Å². The minimum atomic E-state index is -3.14. The number of rotatable bonds is 7. The zero-order valence-electron chi connectivity index (χ0n) is 16.3. The molecule has 7 nitrogen and oxygen atoms in total. The van der Waals surface area contributed by atoms with Gasteiger partial charge in [0.25, 0.3) is 0 Å². The van der Waals surface area contributed by atoms with Gasteiger partial charge in [-0.25, -0.2) is 17.4 Å². The molecule has 0 aliphatic carbocycles. The first-order valence-electron chi connectivity index (χ1n) is 9.66. The Balaban J connectivity index is 1.45. The molecule has 0 radical (unpaired) electrons. The maximum absolute atomic E-state index is 12.2. The molecular weight excluding hydrogens is 420 g/mol. The van der Waals surface area contributed by atoms with Crippen molar-refractivity contribution in [1.82, 2.24) is 19.4 Å². The molecule has 1 aliphatic rings. The van der Waals surface area contributed by atoms with Crippen LogP contribution in [-0.2, 0) is 14.8 Å². The molecular formula is C21H22N4O3S2. The van der Waals surface area contributed by atoms with E-state index in [1.54, 1.807) is 22.1 Å². The van der Waals surface area contributed by atoms with Gasteiger partial charge in [0.15, 0.2) is 0 Å². The van der Waals surface area contributed by atoms with Gasteiger partial charge in [0.2, 0.25) is 15.9 Å². The number of para-hydroxylation sites is 1. The second-order valence-electron chi connectivity index (χ2n) is 6.88. The summed E-state index contributed by atoms with van der Waals surface area (Å²) in [5.41, 5.74) is 2.57. The molecule has 1 fully saturated rings. The number of amides is 1. The highest BCUT2D eigenvalue weighted by molar-refractivity contribution is 7.89. The van der Waals surface area contributed by atoms with E-state index in [1.165, 1.54) is 10.4 Å². The third-order valence-electron chi connectivity index (χ3n) is 4.80. The zero-order chi connectivity index (χ0) is 21.0. The lowest BCUT2D eigenvalue weighted by molar-refractivity contribution is -0.116. The Bertz CT molecular complexity index is 1140. The molecule has 1 saturated heterocycles. The molecule has 9 heteroatoms. The molecule has 3 heterocycles. The number of sulfonamides is 1. The maximum atomic E-state index is 12.2. The van der Waals surface area contributed by atoms with Crippen LogP contribution in [-0.4, -0.2) is 53.8 Å². The van der Waals surface area contributed by atoms with E-state index in [1.807, 2.05) is 54.0 Å². The summed E-state index contributed by atoms with van der Waals surface area (Å²) in [6, 6.07) is 13.8. The largest absolute Gasteiger partial charge is 0.351 e. The summed E-state index contributed by atoms with van der Waals surface area (Å²) in [6.45, 7) is 1.11. The van der Waals surface area contributed by atoms with Gasteiger partial charge in [-0.2, -0.15) is 5.10 Å². The quantitative estimate of drug-likeness (QED) is 0.570. The van der Waals surface area contributed by atoms with Crippen molar-refractivity contribution in [3.63, 3.8) is 0 Å². The zero-order valence-corrected chi connectivity index (χ0v) is 17.9. The Hall–Kier alpha value is -2.75. The monoisotopic (exact) mass is 442 g/mol. The lowest BCUT2D eigenvalue weighted by Gasteiger charge is -2.13. The smallest absolute Gasteiger partial charge is 0.244 e. The predicted octanol–water partition coefficient (Wildman–Crippen LogP) is 2.77. The van der Waals surface area contributed by atoms with Crippen LogP contribution in [0.2, 0.25) is 0 Å². The van der Waals surface area contributed by atoms with Crippen molar-refractivity contribution in [2.45, 2.75) is 6.42 Å². The second-order valence-corrected chi connectivity index (χ2v) is 9.92. The van der Waals surface area contributed by atoms with E-state index in [9.17, 15) is 13.2 Å². The van der Waals surface area contributed by atoms with Crippen molar-refractivity contribution in [2.75, 3.05) is 25.4 Å². The van der Waals surface area contributed by atoms with Crippen LogP contribution in [0.3, 0.4) is 0 Å². The van der Waals surface area contributed by atoms with Crippen LogP contribution >= 0.6 is 11.3 Å². The van der Waals surface area contributed by atoms with Gasteiger partial charge in [-0.1, -0.05) is 24.3 Å². The Labute approximate surface area is 179 Å². The number of hydrogen-bond donors (Lipinski definition) is 1. The van der Waals surface area contributed by atoms with Crippen molar-refractivity contribution in [1.29, 1.82) is 0 Å². The predicted molar refractivity (Wildman–Crippen MR) is 119 cm³/mol. The van der Waals surface area contributed by atoms with E-state index < -0.39 is 10.0 Å². The Morgan fingerprint density at radius 2 is 2.03 bits per heavy atom. The average molecular weight is 443 g/mol. The Kier molecular flexibility index (Phi) is 6.12. The molecule has 1 N–H and O–H groups in total. The van der Waals surface area contributed by atoms with Gasteiger partial charge in [-0.05, 0) is 36.1 Å². The number of aromatic nitrogens is 2. The van der Waals surface area contributed by atoms with Gasteiger partial charge in [0, 0.05) is 37.5 Å². The number of carbonyl (C=O) groups excluding carboxylic acids is 1. The molecule has 4 rings (SSSR count). The fourth-order valence-corrected chi connectivity index (χ4v) is 5.56. The SMILES string of the molecule is O=C(/C=C/c1cn(-c2ccccc2)nc1-c1cccs1)NCCN1CCCS1(=O)=O. The summed E-state index contributed by atoms with van der Waals surface area (Å²) in [5.74, 6) is -0.0752. The van der Waals surface area contributed by atoms with Crippen molar-refractivity contribution in [3.8, 4) is 16.3 Å². The number of nitrogens with zero attached hydrogens (tertiary/aromatic N) is 3. The van der Waals surface area contributed by atoms with Gasteiger partial charge in [0.1, 0.15) is 5.69 Å². The van der Waals surface area contributed by atoms with Gasteiger partial charge >= 0.3 is 0 Å². The number of thiophene rings is 1. The minimum Gasteiger partial charge on any atom is -0.351 e. The van der Waals surface area contributed by atoms with Crippen LogP contribution in [0.5, 0.6) is 0 Å². The summed E-state index contributed by atoms with van der Waals surface area (Å²) >= 11 is 1.59. The standard InChI is InChI=1S/C21H22N4O3S2/c26-20(22-11-13-24-12-5-15-30(24,27)28)10-9-17-16-25(18-6-2-1-3-7-18)23-21(17)19-8-4-14-29-19/h1-4,6-10,14,16H,5,11-13,15H2,(H,22,26)/b10-9+.